The number of anilines is 1. The number of hydrogen-bond donors (Lipinski definition) is 1. The Morgan fingerprint density at radius 2 is 2.13 bits per heavy atom. The summed E-state index contributed by atoms with van der Waals surface area (Å²) < 4.78 is 25.4. The van der Waals surface area contributed by atoms with E-state index in [0.29, 0.717) is 25.4 Å². The smallest absolute Gasteiger partial charge is 0.262 e. The predicted molar refractivity (Wildman–Crippen MR) is 107 cm³/mol. The molecule has 0 saturated carbocycles. The Balaban J connectivity index is 1.20. The van der Waals surface area contributed by atoms with E-state index in [-0.39, 0.29) is 29.7 Å². The summed E-state index contributed by atoms with van der Waals surface area (Å²) in [6.45, 7) is 1.24. The van der Waals surface area contributed by atoms with Gasteiger partial charge in [0.05, 0.1) is 23.4 Å². The van der Waals surface area contributed by atoms with Gasteiger partial charge in [-0.3, -0.25) is 14.6 Å². The minimum absolute atomic E-state index is 0.0838. The number of likely N-dealkylation sites (tertiary alicyclic amines) is 1. The standard InChI is InChI=1S/C22H18FN3O4/c23-17-8-20-19(25-21(27)12-30-20)7-16(17)22(28)26-9-13(10-26)11-29-15-4-3-14-2-1-5-24-18(14)6-15/h1-8,13H,9-12H2,(H,25,27). The van der Waals surface area contributed by atoms with Crippen molar-refractivity contribution < 1.29 is 23.5 Å². The highest BCUT2D eigenvalue weighted by atomic mass is 19.1. The number of ether oxygens (including phenoxy) is 2. The molecule has 3 aromatic rings. The second-order valence-electron chi connectivity index (χ2n) is 7.41. The number of aromatic nitrogens is 1. The van der Waals surface area contributed by atoms with Crippen LogP contribution in [0.5, 0.6) is 11.5 Å². The first-order valence-corrected chi connectivity index (χ1v) is 9.60. The largest absolute Gasteiger partial charge is 0.493 e. The Morgan fingerprint density at radius 3 is 3.00 bits per heavy atom. The molecule has 0 aliphatic carbocycles. The third kappa shape index (κ3) is 3.41. The molecule has 2 amide bonds. The highest BCUT2D eigenvalue weighted by Crippen LogP contribution is 2.32. The molecule has 0 bridgehead atoms. The second kappa shape index (κ2) is 7.29. The summed E-state index contributed by atoms with van der Waals surface area (Å²) in [6, 6.07) is 12.1. The number of fused-ring (bicyclic) bond motifs is 2. The molecule has 0 radical (unpaired) electrons. The highest BCUT2D eigenvalue weighted by Gasteiger charge is 2.33. The molecule has 1 fully saturated rings. The zero-order valence-corrected chi connectivity index (χ0v) is 15.9. The quantitative estimate of drug-likeness (QED) is 0.719. The Labute approximate surface area is 171 Å². The maximum atomic E-state index is 14.4. The van der Waals surface area contributed by atoms with Crippen LogP contribution in [0.2, 0.25) is 0 Å². The van der Waals surface area contributed by atoms with Crippen molar-refractivity contribution in [1.82, 2.24) is 9.88 Å². The summed E-state index contributed by atoms with van der Waals surface area (Å²) in [7, 11) is 0. The Kier molecular flexibility index (Phi) is 4.46. The van der Waals surface area contributed by atoms with Crippen LogP contribution in [0.4, 0.5) is 10.1 Å². The average molecular weight is 407 g/mol. The van der Waals surface area contributed by atoms with Crippen LogP contribution < -0.4 is 14.8 Å². The molecule has 0 atom stereocenters. The van der Waals surface area contributed by atoms with Gasteiger partial charge >= 0.3 is 0 Å². The molecule has 0 unspecified atom stereocenters. The Morgan fingerprint density at radius 1 is 1.27 bits per heavy atom. The predicted octanol–water partition coefficient (Wildman–Crippen LogP) is 2.86. The van der Waals surface area contributed by atoms with E-state index in [1.807, 2.05) is 30.3 Å². The maximum absolute atomic E-state index is 14.4. The van der Waals surface area contributed by atoms with Gasteiger partial charge in [-0.2, -0.15) is 0 Å². The molecule has 1 N–H and O–H groups in total. The van der Waals surface area contributed by atoms with Gasteiger partial charge in [0.15, 0.2) is 6.61 Å². The number of hydrogen-bond acceptors (Lipinski definition) is 5. The van der Waals surface area contributed by atoms with Gasteiger partial charge in [-0.1, -0.05) is 6.07 Å². The monoisotopic (exact) mass is 407 g/mol. The van der Waals surface area contributed by atoms with Crippen molar-refractivity contribution in [3.8, 4) is 11.5 Å². The van der Waals surface area contributed by atoms with Crippen molar-refractivity contribution in [2.75, 3.05) is 31.6 Å². The number of nitrogens with one attached hydrogen (secondary N) is 1. The first-order chi connectivity index (χ1) is 14.6. The number of carbonyl (C=O) groups is 2. The second-order valence-corrected chi connectivity index (χ2v) is 7.41. The van der Waals surface area contributed by atoms with Crippen molar-refractivity contribution in [2.24, 2.45) is 5.92 Å². The lowest BCUT2D eigenvalue weighted by Crippen LogP contribution is -2.52. The van der Waals surface area contributed by atoms with Crippen LogP contribution in [0.25, 0.3) is 10.9 Å². The number of pyridine rings is 1. The number of benzene rings is 2. The van der Waals surface area contributed by atoms with E-state index >= 15 is 0 Å². The van der Waals surface area contributed by atoms with E-state index in [0.717, 1.165) is 22.7 Å². The molecule has 8 heteroatoms. The van der Waals surface area contributed by atoms with Gasteiger partial charge in [0.1, 0.15) is 17.3 Å². The fourth-order valence-corrected chi connectivity index (χ4v) is 3.63. The van der Waals surface area contributed by atoms with Gasteiger partial charge in [0, 0.05) is 42.7 Å². The minimum atomic E-state index is -0.668. The molecule has 7 nitrogen and oxygen atoms in total. The van der Waals surface area contributed by atoms with Gasteiger partial charge < -0.3 is 19.7 Å². The molecular formula is C22H18FN3O4. The lowest BCUT2D eigenvalue weighted by Gasteiger charge is -2.39. The SMILES string of the molecule is O=C1COc2cc(F)c(C(=O)N3CC(COc4ccc5cccnc5c4)C3)cc2N1. The highest BCUT2D eigenvalue weighted by molar-refractivity contribution is 6.00. The zero-order valence-electron chi connectivity index (χ0n) is 15.9. The van der Waals surface area contributed by atoms with Gasteiger partial charge in [-0.05, 0) is 24.3 Å². The van der Waals surface area contributed by atoms with Crippen molar-refractivity contribution in [3.05, 3.63) is 60.0 Å². The van der Waals surface area contributed by atoms with Crippen molar-refractivity contribution >= 4 is 28.4 Å². The third-order valence-corrected chi connectivity index (χ3v) is 5.24. The molecule has 0 spiro atoms. The topological polar surface area (TPSA) is 80.8 Å². The van der Waals surface area contributed by atoms with Gasteiger partial charge in [0.2, 0.25) is 0 Å². The van der Waals surface area contributed by atoms with E-state index in [9.17, 15) is 14.0 Å². The van der Waals surface area contributed by atoms with Crippen LogP contribution in [0.15, 0.2) is 48.7 Å². The molecule has 1 saturated heterocycles. The van der Waals surface area contributed by atoms with Crippen LogP contribution in [0.3, 0.4) is 0 Å². The first-order valence-electron chi connectivity index (χ1n) is 9.60. The number of amides is 2. The molecule has 2 aliphatic rings. The summed E-state index contributed by atoms with van der Waals surface area (Å²) in [5.41, 5.74) is 1.08. The maximum Gasteiger partial charge on any atom is 0.262 e. The molecule has 2 aliphatic heterocycles. The summed E-state index contributed by atoms with van der Waals surface area (Å²) >= 11 is 0. The summed E-state index contributed by atoms with van der Waals surface area (Å²) in [6.07, 6.45) is 1.74. The number of nitrogens with zero attached hydrogens (tertiary/aromatic N) is 2. The van der Waals surface area contributed by atoms with Crippen LogP contribution in [0, 0.1) is 11.7 Å². The van der Waals surface area contributed by atoms with Crippen molar-refractivity contribution in [2.45, 2.75) is 0 Å². The van der Waals surface area contributed by atoms with Crippen LogP contribution in [-0.4, -0.2) is 48.0 Å². The van der Waals surface area contributed by atoms with Crippen LogP contribution in [-0.2, 0) is 4.79 Å². The van der Waals surface area contributed by atoms with E-state index in [1.165, 1.54) is 6.07 Å². The van der Waals surface area contributed by atoms with Crippen LogP contribution in [0.1, 0.15) is 10.4 Å². The van der Waals surface area contributed by atoms with E-state index in [1.54, 1.807) is 11.1 Å². The Hall–Kier alpha value is -3.68. The van der Waals surface area contributed by atoms with E-state index in [4.69, 9.17) is 9.47 Å². The molecule has 5 rings (SSSR count). The summed E-state index contributed by atoms with van der Waals surface area (Å²) in [5.74, 6) is -0.305. The lowest BCUT2D eigenvalue weighted by atomic mass is 9.99. The number of halogens is 1. The molecule has 2 aromatic carbocycles. The van der Waals surface area contributed by atoms with Crippen molar-refractivity contribution in [3.63, 3.8) is 0 Å². The first kappa shape index (κ1) is 18.4. The summed E-state index contributed by atoms with van der Waals surface area (Å²) in [5, 5.41) is 3.63. The fraction of sp³-hybridized carbons (Fsp3) is 0.227. The molecule has 3 heterocycles. The fourth-order valence-electron chi connectivity index (χ4n) is 3.63. The van der Waals surface area contributed by atoms with Crippen molar-refractivity contribution in [1.29, 1.82) is 0 Å². The molecular weight excluding hydrogens is 389 g/mol. The van der Waals surface area contributed by atoms with E-state index < -0.39 is 11.7 Å². The number of carbonyl (C=O) groups excluding carboxylic acids is 2. The summed E-state index contributed by atoms with van der Waals surface area (Å²) in [4.78, 5) is 30.0. The Bertz CT molecular complexity index is 1160. The molecule has 30 heavy (non-hydrogen) atoms. The zero-order chi connectivity index (χ0) is 20.7. The normalized spacial score (nSPS) is 15.8. The van der Waals surface area contributed by atoms with Gasteiger partial charge in [0.25, 0.3) is 11.8 Å². The van der Waals surface area contributed by atoms with Gasteiger partial charge in [-0.25, -0.2) is 4.39 Å². The van der Waals surface area contributed by atoms with Crippen LogP contribution >= 0.6 is 0 Å². The molecule has 152 valence electrons. The lowest BCUT2D eigenvalue weighted by molar-refractivity contribution is -0.118. The minimum Gasteiger partial charge on any atom is -0.493 e. The number of rotatable bonds is 4. The van der Waals surface area contributed by atoms with E-state index in [2.05, 4.69) is 10.3 Å². The molecule has 1 aromatic heterocycles. The third-order valence-electron chi connectivity index (χ3n) is 5.24. The van der Waals surface area contributed by atoms with Gasteiger partial charge in [-0.15, -0.1) is 0 Å². The average Bonchev–Trinajstić information content (AvgIpc) is 2.72.